The molecule has 10 rings (SSSR count). The molecule has 0 fully saturated rings. The summed E-state index contributed by atoms with van der Waals surface area (Å²) in [6.45, 7) is 4.74. The number of para-hydroxylation sites is 1. The van der Waals surface area contributed by atoms with Crippen molar-refractivity contribution in [2.45, 2.75) is 29.1 Å². The van der Waals surface area contributed by atoms with Gasteiger partial charge in [0.2, 0.25) is 5.95 Å². The molecule has 0 unspecified atom stereocenters. The van der Waals surface area contributed by atoms with E-state index in [2.05, 4.69) is 128 Å². The van der Waals surface area contributed by atoms with Crippen molar-refractivity contribution in [3.05, 3.63) is 145 Å². The molecule has 4 nitrogen and oxygen atoms in total. The maximum absolute atomic E-state index is 5.46. The summed E-state index contributed by atoms with van der Waals surface area (Å²) in [5.74, 6) is 0.649. The van der Waals surface area contributed by atoms with Crippen LogP contribution in [0.3, 0.4) is 0 Å². The van der Waals surface area contributed by atoms with Crippen molar-refractivity contribution in [3.63, 3.8) is 0 Å². The van der Waals surface area contributed by atoms with Crippen LogP contribution in [0, 0.1) is 0 Å². The van der Waals surface area contributed by atoms with Gasteiger partial charge in [-0.05, 0) is 57.6 Å². The van der Waals surface area contributed by atoms with E-state index in [1.54, 1.807) is 0 Å². The Kier molecular flexibility index (Phi) is 5.53. The molecule has 1 aliphatic rings. The predicted octanol–water partition coefficient (Wildman–Crippen LogP) is 10.9. The van der Waals surface area contributed by atoms with E-state index in [0.717, 1.165) is 44.1 Å². The number of nitrogens with zero attached hydrogens (tertiary/aromatic N) is 4. The van der Waals surface area contributed by atoms with Crippen molar-refractivity contribution >= 4 is 66.0 Å². The quantitative estimate of drug-likeness (QED) is 0.180. The third-order valence-corrected chi connectivity index (χ3v) is 11.0. The van der Waals surface area contributed by atoms with Gasteiger partial charge in [-0.2, -0.15) is 0 Å². The summed E-state index contributed by atoms with van der Waals surface area (Å²) in [4.78, 5) is 18.2. The van der Waals surface area contributed by atoms with Gasteiger partial charge in [0.15, 0.2) is 0 Å². The first-order chi connectivity index (χ1) is 23.1. The topological polar surface area (TPSA) is 43.6 Å². The van der Waals surface area contributed by atoms with Gasteiger partial charge >= 0.3 is 0 Å². The van der Waals surface area contributed by atoms with E-state index in [1.165, 1.54) is 42.5 Å². The predicted molar refractivity (Wildman–Crippen MR) is 195 cm³/mol. The Balaban J connectivity index is 1.43. The zero-order valence-electron chi connectivity index (χ0n) is 25.9. The second kappa shape index (κ2) is 9.74. The van der Waals surface area contributed by atoms with Gasteiger partial charge in [-0.25, -0.2) is 9.97 Å². The highest BCUT2D eigenvalue weighted by Gasteiger charge is 2.37. The number of rotatable bonds is 2. The molecule has 4 heterocycles. The Morgan fingerprint density at radius 1 is 0.617 bits per heavy atom. The first-order valence-electron chi connectivity index (χ1n) is 16.0. The minimum absolute atomic E-state index is 0.216. The van der Waals surface area contributed by atoms with Crippen LogP contribution in [0.15, 0.2) is 143 Å². The molecule has 9 aromatic rings. The number of hydrogen-bond acceptors (Lipinski definition) is 4. The largest absolute Gasteiger partial charge is 0.277 e. The second-order valence-electron chi connectivity index (χ2n) is 12.8. The Morgan fingerprint density at radius 3 is 2.19 bits per heavy atom. The van der Waals surface area contributed by atoms with Crippen molar-refractivity contribution in [1.82, 2.24) is 19.5 Å². The molecule has 47 heavy (non-hydrogen) atoms. The monoisotopic (exact) mass is 620 g/mol. The average Bonchev–Trinajstić information content (AvgIpc) is 3.47. The van der Waals surface area contributed by atoms with Crippen LogP contribution in [-0.2, 0) is 5.41 Å². The maximum Gasteiger partial charge on any atom is 0.235 e. The molecule has 222 valence electrons. The van der Waals surface area contributed by atoms with Crippen molar-refractivity contribution in [2.75, 3.05) is 0 Å². The minimum atomic E-state index is -0.216. The summed E-state index contributed by atoms with van der Waals surface area (Å²) in [5, 5.41) is 8.21. The summed E-state index contributed by atoms with van der Waals surface area (Å²) in [6.07, 6.45) is 1.84. The molecule has 3 aromatic heterocycles. The van der Waals surface area contributed by atoms with E-state index >= 15 is 0 Å². The fourth-order valence-electron chi connectivity index (χ4n) is 7.78. The van der Waals surface area contributed by atoms with Gasteiger partial charge in [0.1, 0.15) is 5.69 Å². The lowest BCUT2D eigenvalue weighted by atomic mass is 9.75. The van der Waals surface area contributed by atoms with Crippen LogP contribution in [-0.4, -0.2) is 19.5 Å². The molecule has 0 saturated heterocycles. The molecule has 0 bridgehead atoms. The number of fused-ring (bicyclic) bond motifs is 12. The highest BCUT2D eigenvalue weighted by molar-refractivity contribution is 7.99. The third-order valence-electron chi connectivity index (χ3n) is 9.87. The van der Waals surface area contributed by atoms with E-state index in [4.69, 9.17) is 15.0 Å². The zero-order chi connectivity index (χ0) is 31.3. The molecular weight excluding hydrogens is 593 g/mol. The van der Waals surface area contributed by atoms with Crippen molar-refractivity contribution in [3.8, 4) is 17.3 Å². The Bertz CT molecular complexity index is 2740. The van der Waals surface area contributed by atoms with Crippen LogP contribution in [0.25, 0.3) is 71.6 Å². The van der Waals surface area contributed by atoms with Crippen LogP contribution < -0.4 is 0 Å². The number of benzene rings is 6. The first kappa shape index (κ1) is 26.7. The van der Waals surface area contributed by atoms with E-state index in [9.17, 15) is 0 Å². The highest BCUT2D eigenvalue weighted by atomic mass is 32.2. The molecule has 0 radical (unpaired) electrons. The van der Waals surface area contributed by atoms with Gasteiger partial charge in [0, 0.05) is 42.9 Å². The van der Waals surface area contributed by atoms with Gasteiger partial charge in [-0.15, -0.1) is 0 Å². The summed E-state index contributed by atoms with van der Waals surface area (Å²) < 4.78 is 2.32. The smallest absolute Gasteiger partial charge is 0.235 e. The van der Waals surface area contributed by atoms with Crippen molar-refractivity contribution in [2.24, 2.45) is 0 Å². The van der Waals surface area contributed by atoms with Crippen LogP contribution >= 0.6 is 11.8 Å². The minimum Gasteiger partial charge on any atom is -0.277 e. The molecular formula is C42H28N4S. The van der Waals surface area contributed by atoms with E-state index in [0.29, 0.717) is 5.95 Å². The number of pyridine rings is 1. The highest BCUT2D eigenvalue weighted by Crippen LogP contribution is 2.55. The SMILES string of the molecule is CC1(C)c2ccccc2Sc2c1c1ccccc1c1c3ccccc3n(-c3nc(-c4ccccn4)c4ccc5ccccc5c4n3)c21. The lowest BCUT2D eigenvalue weighted by Crippen LogP contribution is -2.24. The number of aromatic nitrogens is 4. The van der Waals surface area contributed by atoms with Crippen LogP contribution in [0.2, 0.25) is 0 Å². The van der Waals surface area contributed by atoms with Crippen molar-refractivity contribution in [1.29, 1.82) is 0 Å². The normalized spacial score (nSPS) is 13.8. The van der Waals surface area contributed by atoms with Gasteiger partial charge in [0.25, 0.3) is 0 Å². The summed E-state index contributed by atoms with van der Waals surface area (Å²) in [6, 6.07) is 45.3. The second-order valence-corrected chi connectivity index (χ2v) is 13.9. The third kappa shape index (κ3) is 3.69. The molecule has 0 atom stereocenters. The van der Waals surface area contributed by atoms with E-state index in [1.807, 2.05) is 36.2 Å². The van der Waals surface area contributed by atoms with Gasteiger partial charge in [0.05, 0.1) is 22.2 Å². The summed E-state index contributed by atoms with van der Waals surface area (Å²) >= 11 is 1.87. The molecule has 0 amide bonds. The Hall–Kier alpha value is -5.52. The lowest BCUT2D eigenvalue weighted by molar-refractivity contribution is 0.615. The Labute approximate surface area is 275 Å². The summed E-state index contributed by atoms with van der Waals surface area (Å²) in [5.41, 5.74) is 7.31. The standard InChI is InChI=1S/C42H28N4S/c1-42(2)31-18-8-10-21-34(31)47-40-36(42)28-16-6-5-15-27(28)35-29-17-7-9-20-33(29)46(39(35)40)41-44-37-26-14-4-3-13-25(26)22-23-30(37)38(45-41)32-19-11-12-24-43-32/h3-24H,1-2H3. The first-order valence-corrected chi connectivity index (χ1v) is 16.8. The maximum atomic E-state index is 5.46. The fourth-order valence-corrected chi connectivity index (χ4v) is 9.34. The molecule has 6 aromatic carbocycles. The fraction of sp³-hybridized carbons (Fsp3) is 0.0714. The molecule has 0 saturated carbocycles. The molecule has 0 spiro atoms. The number of hydrogen-bond donors (Lipinski definition) is 0. The van der Waals surface area contributed by atoms with Crippen LogP contribution in [0.1, 0.15) is 25.0 Å². The summed E-state index contributed by atoms with van der Waals surface area (Å²) in [7, 11) is 0. The van der Waals surface area contributed by atoms with Gasteiger partial charge < -0.3 is 0 Å². The zero-order valence-corrected chi connectivity index (χ0v) is 26.7. The van der Waals surface area contributed by atoms with Crippen molar-refractivity contribution < 1.29 is 0 Å². The van der Waals surface area contributed by atoms with E-state index in [-0.39, 0.29) is 5.41 Å². The Morgan fingerprint density at radius 2 is 1.34 bits per heavy atom. The molecule has 5 heteroatoms. The van der Waals surface area contributed by atoms with E-state index < -0.39 is 0 Å². The molecule has 0 aliphatic carbocycles. The average molecular weight is 621 g/mol. The van der Waals surface area contributed by atoms with Gasteiger partial charge in [-0.3, -0.25) is 9.55 Å². The van der Waals surface area contributed by atoms with Gasteiger partial charge in [-0.1, -0.05) is 123 Å². The molecule has 1 aliphatic heterocycles. The van der Waals surface area contributed by atoms with Crippen LogP contribution in [0.4, 0.5) is 0 Å². The lowest BCUT2D eigenvalue weighted by Gasteiger charge is -2.36. The molecule has 0 N–H and O–H groups in total. The van der Waals surface area contributed by atoms with Crippen LogP contribution in [0.5, 0.6) is 0 Å².